The molecule has 2 aromatic carbocycles. The SMILES string of the molecule is Cc1ccc(C(=O)O)cc1NCc1ccccc1Br. The van der Waals surface area contributed by atoms with Crippen LogP contribution < -0.4 is 5.32 Å². The first-order valence-corrected chi connectivity index (χ1v) is 6.68. The van der Waals surface area contributed by atoms with Crippen LogP contribution in [0.2, 0.25) is 0 Å². The van der Waals surface area contributed by atoms with Crippen molar-refractivity contribution in [3.05, 3.63) is 63.6 Å². The fourth-order valence-electron chi connectivity index (χ4n) is 1.78. The average Bonchev–Trinajstić information content (AvgIpc) is 2.39. The van der Waals surface area contributed by atoms with Crippen LogP contribution in [0.1, 0.15) is 21.5 Å². The molecular weight excluding hydrogens is 306 g/mol. The number of aromatic carboxylic acids is 1. The Morgan fingerprint density at radius 2 is 2.00 bits per heavy atom. The first-order chi connectivity index (χ1) is 9.08. The van der Waals surface area contributed by atoms with Gasteiger partial charge in [0.1, 0.15) is 0 Å². The molecule has 0 aliphatic heterocycles. The first-order valence-electron chi connectivity index (χ1n) is 5.89. The van der Waals surface area contributed by atoms with E-state index < -0.39 is 5.97 Å². The van der Waals surface area contributed by atoms with Gasteiger partial charge in [0.25, 0.3) is 0 Å². The molecule has 98 valence electrons. The summed E-state index contributed by atoms with van der Waals surface area (Å²) < 4.78 is 1.04. The van der Waals surface area contributed by atoms with E-state index in [2.05, 4.69) is 21.2 Å². The maximum Gasteiger partial charge on any atom is 0.335 e. The molecule has 0 unspecified atom stereocenters. The Kier molecular flexibility index (Phi) is 4.22. The van der Waals surface area contributed by atoms with E-state index in [0.29, 0.717) is 12.1 Å². The molecule has 0 saturated heterocycles. The summed E-state index contributed by atoms with van der Waals surface area (Å²) in [4.78, 5) is 11.0. The van der Waals surface area contributed by atoms with E-state index in [4.69, 9.17) is 5.11 Å². The molecule has 0 atom stereocenters. The molecule has 0 fully saturated rings. The number of hydrogen-bond donors (Lipinski definition) is 2. The molecule has 0 aromatic heterocycles. The lowest BCUT2D eigenvalue weighted by molar-refractivity contribution is 0.0697. The van der Waals surface area contributed by atoms with E-state index >= 15 is 0 Å². The van der Waals surface area contributed by atoms with Gasteiger partial charge in [-0.3, -0.25) is 0 Å². The van der Waals surface area contributed by atoms with Crippen molar-refractivity contribution in [1.29, 1.82) is 0 Å². The molecule has 0 spiro atoms. The van der Waals surface area contributed by atoms with Crippen LogP contribution in [0.5, 0.6) is 0 Å². The van der Waals surface area contributed by atoms with E-state index in [1.807, 2.05) is 37.3 Å². The number of rotatable bonds is 4. The molecule has 19 heavy (non-hydrogen) atoms. The highest BCUT2D eigenvalue weighted by Crippen LogP contribution is 2.21. The number of aryl methyl sites for hydroxylation is 1. The minimum Gasteiger partial charge on any atom is -0.478 e. The summed E-state index contributed by atoms with van der Waals surface area (Å²) in [5.74, 6) is -0.913. The number of benzene rings is 2. The summed E-state index contributed by atoms with van der Waals surface area (Å²) in [6.45, 7) is 2.60. The number of carbonyl (C=O) groups is 1. The molecule has 4 heteroatoms. The number of carboxylic acid groups (broad SMARTS) is 1. The fraction of sp³-hybridized carbons (Fsp3) is 0.133. The van der Waals surface area contributed by atoms with Crippen LogP contribution in [0.25, 0.3) is 0 Å². The standard InChI is InChI=1S/C15H14BrNO2/c1-10-6-7-11(15(18)19)8-14(10)17-9-12-4-2-3-5-13(12)16/h2-8,17H,9H2,1H3,(H,18,19). The molecule has 2 N–H and O–H groups in total. The molecule has 0 radical (unpaired) electrons. The Hall–Kier alpha value is -1.81. The maximum absolute atomic E-state index is 11.0. The lowest BCUT2D eigenvalue weighted by Crippen LogP contribution is -2.04. The quantitative estimate of drug-likeness (QED) is 0.893. The predicted molar refractivity (Wildman–Crippen MR) is 79.6 cm³/mol. The van der Waals surface area contributed by atoms with Gasteiger partial charge >= 0.3 is 5.97 Å². The Balaban J connectivity index is 2.17. The van der Waals surface area contributed by atoms with E-state index in [1.54, 1.807) is 12.1 Å². The van der Waals surface area contributed by atoms with Crippen molar-refractivity contribution in [2.24, 2.45) is 0 Å². The minimum absolute atomic E-state index is 0.292. The van der Waals surface area contributed by atoms with Gasteiger partial charge in [-0.2, -0.15) is 0 Å². The Morgan fingerprint density at radius 3 is 2.68 bits per heavy atom. The van der Waals surface area contributed by atoms with Gasteiger partial charge in [-0.1, -0.05) is 40.2 Å². The zero-order chi connectivity index (χ0) is 13.8. The summed E-state index contributed by atoms with van der Waals surface area (Å²) in [7, 11) is 0. The van der Waals surface area contributed by atoms with Gasteiger partial charge in [-0.15, -0.1) is 0 Å². The minimum atomic E-state index is -0.913. The van der Waals surface area contributed by atoms with Crippen LogP contribution >= 0.6 is 15.9 Å². The van der Waals surface area contributed by atoms with Gasteiger partial charge in [0, 0.05) is 16.7 Å². The molecule has 0 aliphatic rings. The maximum atomic E-state index is 11.0. The number of hydrogen-bond acceptors (Lipinski definition) is 2. The topological polar surface area (TPSA) is 49.3 Å². The van der Waals surface area contributed by atoms with Gasteiger partial charge < -0.3 is 10.4 Å². The highest BCUT2D eigenvalue weighted by molar-refractivity contribution is 9.10. The van der Waals surface area contributed by atoms with Crippen molar-refractivity contribution in [2.75, 3.05) is 5.32 Å². The highest BCUT2D eigenvalue weighted by atomic mass is 79.9. The van der Waals surface area contributed by atoms with Crippen molar-refractivity contribution in [2.45, 2.75) is 13.5 Å². The third kappa shape index (κ3) is 3.35. The monoisotopic (exact) mass is 319 g/mol. The third-order valence-electron chi connectivity index (χ3n) is 2.91. The second kappa shape index (κ2) is 5.89. The normalized spacial score (nSPS) is 10.2. The summed E-state index contributed by atoms with van der Waals surface area (Å²) in [6.07, 6.45) is 0. The number of anilines is 1. The predicted octanol–water partition coefficient (Wildman–Crippen LogP) is 4.07. The third-order valence-corrected chi connectivity index (χ3v) is 3.69. The molecular formula is C15H14BrNO2. The molecule has 0 bridgehead atoms. The largest absolute Gasteiger partial charge is 0.478 e. The second-order valence-corrected chi connectivity index (χ2v) is 5.13. The average molecular weight is 320 g/mol. The molecule has 0 amide bonds. The number of carboxylic acids is 1. The van der Waals surface area contributed by atoms with Gasteiger partial charge in [0.2, 0.25) is 0 Å². The molecule has 0 aliphatic carbocycles. The molecule has 0 heterocycles. The van der Waals surface area contributed by atoms with E-state index in [9.17, 15) is 4.79 Å². The Bertz CT molecular complexity index is 611. The second-order valence-electron chi connectivity index (χ2n) is 4.28. The van der Waals surface area contributed by atoms with Gasteiger partial charge in [-0.25, -0.2) is 4.79 Å². The summed E-state index contributed by atoms with van der Waals surface area (Å²) in [5, 5.41) is 12.3. The van der Waals surface area contributed by atoms with Crippen LogP contribution in [-0.4, -0.2) is 11.1 Å². The Morgan fingerprint density at radius 1 is 1.26 bits per heavy atom. The van der Waals surface area contributed by atoms with Crippen LogP contribution in [0, 0.1) is 6.92 Å². The highest BCUT2D eigenvalue weighted by Gasteiger charge is 2.06. The first kappa shape index (κ1) is 13.6. The smallest absolute Gasteiger partial charge is 0.335 e. The van der Waals surface area contributed by atoms with Crippen LogP contribution in [0.4, 0.5) is 5.69 Å². The number of halogens is 1. The van der Waals surface area contributed by atoms with E-state index in [1.165, 1.54) is 0 Å². The van der Waals surface area contributed by atoms with Gasteiger partial charge in [0.05, 0.1) is 5.56 Å². The van der Waals surface area contributed by atoms with Crippen molar-refractivity contribution in [3.63, 3.8) is 0 Å². The number of nitrogens with one attached hydrogen (secondary N) is 1. The lowest BCUT2D eigenvalue weighted by Gasteiger charge is -2.11. The zero-order valence-corrected chi connectivity index (χ0v) is 12.1. The van der Waals surface area contributed by atoms with Crippen LogP contribution in [-0.2, 0) is 6.54 Å². The summed E-state index contributed by atoms with van der Waals surface area (Å²) in [6, 6.07) is 13.0. The molecule has 2 aromatic rings. The summed E-state index contributed by atoms with van der Waals surface area (Å²) in [5.41, 5.74) is 3.29. The van der Waals surface area contributed by atoms with Crippen molar-refractivity contribution in [3.8, 4) is 0 Å². The zero-order valence-electron chi connectivity index (χ0n) is 10.5. The van der Waals surface area contributed by atoms with E-state index in [0.717, 1.165) is 21.3 Å². The van der Waals surface area contributed by atoms with Gasteiger partial charge in [0.15, 0.2) is 0 Å². The van der Waals surface area contributed by atoms with Crippen molar-refractivity contribution >= 4 is 27.6 Å². The van der Waals surface area contributed by atoms with Crippen LogP contribution in [0.15, 0.2) is 46.9 Å². The van der Waals surface area contributed by atoms with E-state index in [-0.39, 0.29) is 0 Å². The molecule has 3 nitrogen and oxygen atoms in total. The summed E-state index contributed by atoms with van der Waals surface area (Å²) >= 11 is 3.49. The lowest BCUT2D eigenvalue weighted by atomic mass is 10.1. The fourth-order valence-corrected chi connectivity index (χ4v) is 2.20. The van der Waals surface area contributed by atoms with Gasteiger partial charge in [-0.05, 0) is 36.2 Å². The van der Waals surface area contributed by atoms with Crippen molar-refractivity contribution < 1.29 is 9.90 Å². The Labute approximate surface area is 120 Å². The molecule has 2 rings (SSSR count). The molecule has 0 saturated carbocycles. The van der Waals surface area contributed by atoms with Crippen LogP contribution in [0.3, 0.4) is 0 Å². The van der Waals surface area contributed by atoms with Crippen molar-refractivity contribution in [1.82, 2.24) is 0 Å².